The molecule has 1 atom stereocenters. The van der Waals surface area contributed by atoms with Crippen LogP contribution in [0.2, 0.25) is 0 Å². The van der Waals surface area contributed by atoms with Gasteiger partial charge in [0.1, 0.15) is 0 Å². The smallest absolute Gasteiger partial charge is 0.317 e. The van der Waals surface area contributed by atoms with Gasteiger partial charge in [-0.3, -0.25) is 0 Å². The van der Waals surface area contributed by atoms with E-state index >= 15 is 0 Å². The molecule has 0 spiro atoms. The van der Waals surface area contributed by atoms with Gasteiger partial charge in [0.2, 0.25) is 0 Å². The Morgan fingerprint density at radius 2 is 2.53 bits per heavy atom. The third kappa shape index (κ3) is 4.47. The van der Waals surface area contributed by atoms with Crippen molar-refractivity contribution >= 4 is 33.3 Å². The van der Waals surface area contributed by atoms with Gasteiger partial charge in [-0.15, -0.1) is 11.3 Å². The molecule has 1 aromatic heterocycles. The molecule has 0 aromatic carbocycles. The first-order chi connectivity index (χ1) is 9.19. The third-order valence-corrected chi connectivity index (χ3v) is 4.90. The van der Waals surface area contributed by atoms with E-state index in [4.69, 9.17) is 4.74 Å². The van der Waals surface area contributed by atoms with Crippen LogP contribution in [0.4, 0.5) is 4.79 Å². The number of ether oxygens (including phenoxy) is 1. The summed E-state index contributed by atoms with van der Waals surface area (Å²) in [5, 5.41) is 5.00. The molecule has 0 aliphatic carbocycles. The zero-order valence-electron chi connectivity index (χ0n) is 11.0. The fraction of sp³-hybridized carbons (Fsp3) is 0.615. The minimum atomic E-state index is 0.0129. The standard InChI is InChI=1S/C13H19BrN2O2S/c1-2-16(7-10-3-4-18-8-10)13(17)15-6-12-5-11(14)9-19-12/h5,9-10H,2-4,6-8H2,1H3,(H,15,17). The highest BCUT2D eigenvalue weighted by atomic mass is 79.9. The lowest BCUT2D eigenvalue weighted by atomic mass is 10.1. The monoisotopic (exact) mass is 346 g/mol. The maximum absolute atomic E-state index is 12.1. The Labute approximate surface area is 126 Å². The molecule has 1 N–H and O–H groups in total. The van der Waals surface area contributed by atoms with Gasteiger partial charge < -0.3 is 15.0 Å². The van der Waals surface area contributed by atoms with E-state index < -0.39 is 0 Å². The van der Waals surface area contributed by atoms with Gasteiger partial charge in [-0.25, -0.2) is 4.79 Å². The minimum Gasteiger partial charge on any atom is -0.381 e. The lowest BCUT2D eigenvalue weighted by molar-refractivity contribution is 0.166. The van der Waals surface area contributed by atoms with Crippen molar-refractivity contribution < 1.29 is 9.53 Å². The zero-order valence-corrected chi connectivity index (χ0v) is 13.4. The number of nitrogens with zero attached hydrogens (tertiary/aromatic N) is 1. The number of hydrogen-bond donors (Lipinski definition) is 1. The Hall–Kier alpha value is -0.590. The molecule has 2 amide bonds. The molecule has 106 valence electrons. The largest absolute Gasteiger partial charge is 0.381 e. The van der Waals surface area contributed by atoms with E-state index in [1.165, 1.54) is 0 Å². The van der Waals surface area contributed by atoms with Gasteiger partial charge in [-0.2, -0.15) is 0 Å². The van der Waals surface area contributed by atoms with Crippen LogP contribution in [0.25, 0.3) is 0 Å². The Bertz CT molecular complexity index is 419. The van der Waals surface area contributed by atoms with Gasteiger partial charge in [-0.1, -0.05) is 0 Å². The quantitative estimate of drug-likeness (QED) is 0.889. The maximum Gasteiger partial charge on any atom is 0.317 e. The molecule has 0 bridgehead atoms. The molecule has 6 heteroatoms. The second-order valence-corrected chi connectivity index (χ2v) is 6.57. The van der Waals surface area contributed by atoms with Gasteiger partial charge >= 0.3 is 6.03 Å². The highest BCUT2D eigenvalue weighted by molar-refractivity contribution is 9.10. The number of halogens is 1. The molecule has 2 heterocycles. The second-order valence-electron chi connectivity index (χ2n) is 4.66. The number of carbonyl (C=O) groups is 1. The van der Waals surface area contributed by atoms with E-state index in [1.807, 2.05) is 23.3 Å². The maximum atomic E-state index is 12.1. The van der Waals surface area contributed by atoms with Crippen LogP contribution in [0.5, 0.6) is 0 Å². The van der Waals surface area contributed by atoms with Crippen molar-refractivity contribution in [2.75, 3.05) is 26.3 Å². The molecule has 0 saturated carbocycles. The average Bonchev–Trinajstić information content (AvgIpc) is 3.04. The summed E-state index contributed by atoms with van der Waals surface area (Å²) in [4.78, 5) is 15.1. The fourth-order valence-electron chi connectivity index (χ4n) is 2.12. The first-order valence-corrected chi connectivity index (χ1v) is 8.19. The average molecular weight is 347 g/mol. The summed E-state index contributed by atoms with van der Waals surface area (Å²) in [5.41, 5.74) is 0. The van der Waals surface area contributed by atoms with E-state index in [0.29, 0.717) is 12.5 Å². The van der Waals surface area contributed by atoms with Crippen molar-refractivity contribution in [1.29, 1.82) is 0 Å². The Morgan fingerprint density at radius 1 is 1.68 bits per heavy atom. The number of rotatable bonds is 5. The van der Waals surface area contributed by atoms with Crippen LogP contribution in [0.1, 0.15) is 18.2 Å². The Balaban J connectivity index is 1.79. The molecule has 1 saturated heterocycles. The molecule has 1 aromatic rings. The highest BCUT2D eigenvalue weighted by Gasteiger charge is 2.21. The molecule has 1 fully saturated rings. The molecule has 4 nitrogen and oxygen atoms in total. The summed E-state index contributed by atoms with van der Waals surface area (Å²) in [6.45, 7) is 5.73. The van der Waals surface area contributed by atoms with E-state index in [1.54, 1.807) is 11.3 Å². The number of carbonyl (C=O) groups excluding carboxylic acids is 1. The first-order valence-electron chi connectivity index (χ1n) is 6.52. The fourth-order valence-corrected chi connectivity index (χ4v) is 3.51. The Kier molecular flexibility index (Phi) is 5.66. The summed E-state index contributed by atoms with van der Waals surface area (Å²) >= 11 is 5.06. The molecular formula is C13H19BrN2O2S. The predicted octanol–water partition coefficient (Wildman–Crippen LogP) is 3.08. The molecule has 2 rings (SSSR count). The number of nitrogens with one attached hydrogen (secondary N) is 1. The molecule has 1 aliphatic rings. The van der Waals surface area contributed by atoms with E-state index in [0.717, 1.165) is 42.1 Å². The van der Waals surface area contributed by atoms with Crippen LogP contribution < -0.4 is 5.32 Å². The van der Waals surface area contributed by atoms with Crippen molar-refractivity contribution in [1.82, 2.24) is 10.2 Å². The van der Waals surface area contributed by atoms with Crippen LogP contribution in [0, 0.1) is 5.92 Å². The molecular weight excluding hydrogens is 328 g/mol. The van der Waals surface area contributed by atoms with Crippen molar-refractivity contribution in [3.8, 4) is 0 Å². The van der Waals surface area contributed by atoms with Gasteiger partial charge in [0.25, 0.3) is 0 Å². The lowest BCUT2D eigenvalue weighted by Crippen LogP contribution is -2.42. The zero-order chi connectivity index (χ0) is 13.7. The second kappa shape index (κ2) is 7.26. The van der Waals surface area contributed by atoms with Crippen molar-refractivity contribution in [3.63, 3.8) is 0 Å². The highest BCUT2D eigenvalue weighted by Crippen LogP contribution is 2.19. The molecule has 1 aliphatic heterocycles. The van der Waals surface area contributed by atoms with Crippen LogP contribution in [-0.4, -0.2) is 37.2 Å². The van der Waals surface area contributed by atoms with Crippen molar-refractivity contribution in [2.24, 2.45) is 5.92 Å². The van der Waals surface area contributed by atoms with Gasteiger partial charge in [0.05, 0.1) is 13.2 Å². The van der Waals surface area contributed by atoms with E-state index in [-0.39, 0.29) is 6.03 Å². The van der Waals surface area contributed by atoms with Crippen molar-refractivity contribution in [2.45, 2.75) is 19.9 Å². The SMILES string of the molecule is CCN(CC1CCOC1)C(=O)NCc1cc(Br)cs1. The topological polar surface area (TPSA) is 41.6 Å². The number of hydrogen-bond acceptors (Lipinski definition) is 3. The van der Waals surface area contributed by atoms with Crippen LogP contribution in [0.3, 0.4) is 0 Å². The van der Waals surface area contributed by atoms with E-state index in [2.05, 4.69) is 21.2 Å². The van der Waals surface area contributed by atoms with Crippen molar-refractivity contribution in [3.05, 3.63) is 20.8 Å². The predicted molar refractivity (Wildman–Crippen MR) is 80.4 cm³/mol. The Morgan fingerprint density at radius 3 is 3.11 bits per heavy atom. The molecule has 19 heavy (non-hydrogen) atoms. The van der Waals surface area contributed by atoms with Crippen LogP contribution in [0.15, 0.2) is 15.9 Å². The van der Waals surface area contributed by atoms with Gasteiger partial charge in [0.15, 0.2) is 0 Å². The first kappa shape index (κ1) is 14.8. The molecule has 0 radical (unpaired) electrons. The van der Waals surface area contributed by atoms with E-state index in [9.17, 15) is 4.79 Å². The van der Waals surface area contributed by atoms with Crippen LogP contribution >= 0.6 is 27.3 Å². The summed E-state index contributed by atoms with van der Waals surface area (Å²) in [6.07, 6.45) is 1.06. The van der Waals surface area contributed by atoms with Gasteiger partial charge in [0, 0.05) is 40.3 Å². The summed E-state index contributed by atoms with van der Waals surface area (Å²) in [5.74, 6) is 0.488. The number of thiophene rings is 1. The summed E-state index contributed by atoms with van der Waals surface area (Å²) < 4.78 is 6.42. The number of urea groups is 1. The summed E-state index contributed by atoms with van der Waals surface area (Å²) in [7, 11) is 0. The lowest BCUT2D eigenvalue weighted by Gasteiger charge is -2.23. The summed E-state index contributed by atoms with van der Waals surface area (Å²) in [6, 6.07) is 2.05. The normalized spacial score (nSPS) is 18.5. The van der Waals surface area contributed by atoms with Crippen LogP contribution in [-0.2, 0) is 11.3 Å². The molecule has 1 unspecified atom stereocenters. The van der Waals surface area contributed by atoms with Gasteiger partial charge in [-0.05, 0) is 35.3 Å². The third-order valence-electron chi connectivity index (χ3n) is 3.21. The number of amides is 2. The minimum absolute atomic E-state index is 0.0129.